The van der Waals surface area contributed by atoms with Gasteiger partial charge in [0.25, 0.3) is 0 Å². The second kappa shape index (κ2) is 4.94. The third-order valence-corrected chi connectivity index (χ3v) is 4.81. The molecule has 0 unspecified atom stereocenters. The fraction of sp³-hybridized carbons (Fsp3) is 0.529. The minimum atomic E-state index is -0.205. The van der Waals surface area contributed by atoms with E-state index in [2.05, 4.69) is 36.3 Å². The van der Waals surface area contributed by atoms with Crippen molar-refractivity contribution in [2.75, 3.05) is 0 Å². The molecule has 0 bridgehead atoms. The third kappa shape index (κ3) is 2.20. The van der Waals surface area contributed by atoms with Crippen molar-refractivity contribution in [3.05, 3.63) is 30.0 Å². The Morgan fingerprint density at radius 2 is 2.05 bits per heavy atom. The van der Waals surface area contributed by atoms with E-state index in [0.717, 1.165) is 36.4 Å². The zero-order valence-electron chi connectivity index (χ0n) is 12.3. The highest BCUT2D eigenvalue weighted by Crippen LogP contribution is 2.41. The lowest BCUT2D eigenvalue weighted by Crippen LogP contribution is -2.27. The molecule has 20 heavy (non-hydrogen) atoms. The van der Waals surface area contributed by atoms with Crippen LogP contribution in [-0.4, -0.2) is 9.78 Å². The zero-order valence-corrected chi connectivity index (χ0v) is 12.3. The average Bonchev–Trinajstić information content (AvgIpc) is 2.79. The van der Waals surface area contributed by atoms with E-state index in [4.69, 9.17) is 0 Å². The van der Waals surface area contributed by atoms with Crippen LogP contribution in [-0.2, 0) is 13.5 Å². The molecule has 104 valence electrons. The molecule has 3 rings (SSSR count). The molecular weight excluding hydrogens is 246 g/mol. The van der Waals surface area contributed by atoms with Crippen LogP contribution in [0.2, 0.25) is 0 Å². The fourth-order valence-corrected chi connectivity index (χ4v) is 3.38. The SMILES string of the molecule is CC1CCC(C#N)(Cc2nn(C)c3ccccc23)CC1. The Morgan fingerprint density at radius 3 is 2.75 bits per heavy atom. The Kier molecular flexibility index (Phi) is 3.25. The topological polar surface area (TPSA) is 41.6 Å². The molecular formula is C17H21N3. The lowest BCUT2D eigenvalue weighted by atomic mass is 9.69. The summed E-state index contributed by atoms with van der Waals surface area (Å²) in [5.41, 5.74) is 2.03. The first-order valence-electron chi connectivity index (χ1n) is 7.45. The Labute approximate surface area is 120 Å². The number of hydrogen-bond donors (Lipinski definition) is 0. The number of para-hydroxylation sites is 1. The molecule has 1 saturated carbocycles. The van der Waals surface area contributed by atoms with Crippen LogP contribution in [0.1, 0.15) is 38.3 Å². The van der Waals surface area contributed by atoms with Crippen LogP contribution >= 0.6 is 0 Å². The van der Waals surface area contributed by atoms with Gasteiger partial charge in [-0.2, -0.15) is 10.4 Å². The van der Waals surface area contributed by atoms with Crippen molar-refractivity contribution >= 4 is 10.9 Å². The maximum atomic E-state index is 9.68. The summed E-state index contributed by atoms with van der Waals surface area (Å²) < 4.78 is 1.93. The molecule has 3 nitrogen and oxygen atoms in total. The summed E-state index contributed by atoms with van der Waals surface area (Å²) in [5, 5.41) is 15.5. The van der Waals surface area contributed by atoms with Crippen LogP contribution < -0.4 is 0 Å². The average molecular weight is 267 g/mol. The molecule has 1 heterocycles. The van der Waals surface area contributed by atoms with Crippen LogP contribution in [0.25, 0.3) is 10.9 Å². The molecule has 1 aliphatic rings. The Hall–Kier alpha value is -1.82. The molecule has 0 aliphatic heterocycles. The summed E-state index contributed by atoms with van der Waals surface area (Å²) in [6, 6.07) is 10.9. The zero-order chi connectivity index (χ0) is 14.2. The second-order valence-corrected chi connectivity index (χ2v) is 6.34. The summed E-state index contributed by atoms with van der Waals surface area (Å²) in [6.45, 7) is 2.29. The fourth-order valence-electron chi connectivity index (χ4n) is 3.38. The van der Waals surface area contributed by atoms with Gasteiger partial charge in [-0.15, -0.1) is 0 Å². The van der Waals surface area contributed by atoms with E-state index in [1.807, 2.05) is 17.8 Å². The smallest absolute Gasteiger partial charge is 0.0719 e. The van der Waals surface area contributed by atoms with Gasteiger partial charge in [0.15, 0.2) is 0 Å². The molecule has 1 aliphatic carbocycles. The van der Waals surface area contributed by atoms with Gasteiger partial charge in [0, 0.05) is 18.9 Å². The lowest BCUT2D eigenvalue weighted by molar-refractivity contribution is 0.217. The van der Waals surface area contributed by atoms with Gasteiger partial charge in [-0.3, -0.25) is 4.68 Å². The molecule has 0 atom stereocenters. The first-order chi connectivity index (χ1) is 9.63. The quantitative estimate of drug-likeness (QED) is 0.829. The lowest BCUT2D eigenvalue weighted by Gasteiger charge is -2.33. The Bertz CT molecular complexity index is 654. The molecule has 0 saturated heterocycles. The monoisotopic (exact) mass is 267 g/mol. The summed E-state index contributed by atoms with van der Waals surface area (Å²) >= 11 is 0. The predicted octanol–water partition coefficient (Wildman–Crippen LogP) is 3.84. The van der Waals surface area contributed by atoms with Gasteiger partial charge in [-0.05, 0) is 37.7 Å². The maximum Gasteiger partial charge on any atom is 0.0719 e. The standard InChI is InChI=1S/C17H21N3/c1-13-7-9-17(12-18,10-8-13)11-15-14-5-3-4-6-16(14)20(2)19-15/h3-6,13H,7-11H2,1-2H3. The van der Waals surface area contributed by atoms with Crippen LogP contribution in [0.5, 0.6) is 0 Å². The summed E-state index contributed by atoms with van der Waals surface area (Å²) in [7, 11) is 1.98. The third-order valence-electron chi connectivity index (χ3n) is 4.81. The summed E-state index contributed by atoms with van der Waals surface area (Å²) in [5.74, 6) is 0.761. The molecule has 0 N–H and O–H groups in total. The van der Waals surface area contributed by atoms with Crippen molar-refractivity contribution in [2.24, 2.45) is 18.4 Å². The van der Waals surface area contributed by atoms with Crippen molar-refractivity contribution in [3.63, 3.8) is 0 Å². The molecule has 1 aromatic carbocycles. The number of rotatable bonds is 2. The van der Waals surface area contributed by atoms with E-state index in [1.165, 1.54) is 18.2 Å². The van der Waals surface area contributed by atoms with Gasteiger partial charge < -0.3 is 0 Å². The van der Waals surface area contributed by atoms with Gasteiger partial charge in [0.1, 0.15) is 0 Å². The van der Waals surface area contributed by atoms with Crippen molar-refractivity contribution < 1.29 is 0 Å². The number of fused-ring (bicyclic) bond motifs is 1. The van der Waals surface area contributed by atoms with Crippen LogP contribution in [0.3, 0.4) is 0 Å². The summed E-state index contributed by atoms with van der Waals surface area (Å²) in [6.07, 6.45) is 5.14. The normalized spacial score (nSPS) is 26.6. The molecule has 2 aromatic rings. The van der Waals surface area contributed by atoms with Crippen molar-refractivity contribution in [2.45, 2.75) is 39.0 Å². The number of benzene rings is 1. The minimum Gasteiger partial charge on any atom is -0.268 e. The predicted molar refractivity (Wildman–Crippen MR) is 80.1 cm³/mol. The Balaban J connectivity index is 1.94. The minimum absolute atomic E-state index is 0.205. The van der Waals surface area contributed by atoms with Crippen molar-refractivity contribution in [1.29, 1.82) is 5.26 Å². The van der Waals surface area contributed by atoms with Gasteiger partial charge >= 0.3 is 0 Å². The molecule has 0 amide bonds. The first kappa shape index (κ1) is 13.2. The van der Waals surface area contributed by atoms with E-state index in [1.54, 1.807) is 0 Å². The van der Waals surface area contributed by atoms with E-state index in [0.29, 0.717) is 0 Å². The van der Waals surface area contributed by atoms with Gasteiger partial charge in [-0.1, -0.05) is 25.1 Å². The van der Waals surface area contributed by atoms with Crippen LogP contribution in [0.4, 0.5) is 0 Å². The molecule has 0 radical (unpaired) electrons. The van der Waals surface area contributed by atoms with Crippen molar-refractivity contribution in [1.82, 2.24) is 9.78 Å². The molecule has 1 fully saturated rings. The highest BCUT2D eigenvalue weighted by molar-refractivity contribution is 5.81. The highest BCUT2D eigenvalue weighted by Gasteiger charge is 2.35. The van der Waals surface area contributed by atoms with Gasteiger partial charge in [-0.25, -0.2) is 0 Å². The second-order valence-electron chi connectivity index (χ2n) is 6.34. The van der Waals surface area contributed by atoms with E-state index < -0.39 is 0 Å². The van der Waals surface area contributed by atoms with E-state index in [-0.39, 0.29) is 5.41 Å². The number of aryl methyl sites for hydroxylation is 1. The van der Waals surface area contributed by atoms with Gasteiger partial charge in [0.2, 0.25) is 0 Å². The molecule has 0 spiro atoms. The van der Waals surface area contributed by atoms with Gasteiger partial charge in [0.05, 0.1) is 22.7 Å². The van der Waals surface area contributed by atoms with Crippen LogP contribution in [0.15, 0.2) is 24.3 Å². The Morgan fingerprint density at radius 1 is 1.35 bits per heavy atom. The number of aromatic nitrogens is 2. The summed E-state index contributed by atoms with van der Waals surface area (Å²) in [4.78, 5) is 0. The maximum absolute atomic E-state index is 9.68. The van der Waals surface area contributed by atoms with E-state index >= 15 is 0 Å². The van der Waals surface area contributed by atoms with Crippen molar-refractivity contribution in [3.8, 4) is 6.07 Å². The number of hydrogen-bond acceptors (Lipinski definition) is 2. The number of nitrogens with zero attached hydrogens (tertiary/aromatic N) is 3. The number of nitriles is 1. The largest absolute Gasteiger partial charge is 0.268 e. The van der Waals surface area contributed by atoms with E-state index in [9.17, 15) is 5.26 Å². The van der Waals surface area contributed by atoms with Crippen LogP contribution in [0, 0.1) is 22.7 Å². The first-order valence-corrected chi connectivity index (χ1v) is 7.45. The molecule has 1 aromatic heterocycles. The molecule has 3 heteroatoms. The highest BCUT2D eigenvalue weighted by atomic mass is 15.3.